The van der Waals surface area contributed by atoms with Gasteiger partial charge in [-0.1, -0.05) is 94.7 Å². The van der Waals surface area contributed by atoms with Crippen LogP contribution in [0.1, 0.15) is 96.6 Å². The van der Waals surface area contributed by atoms with Crippen molar-refractivity contribution in [1.82, 2.24) is 10.2 Å². The summed E-state index contributed by atoms with van der Waals surface area (Å²) in [6.45, 7) is 12.7. The maximum absolute atomic E-state index is 13.5. The molecule has 1 saturated heterocycles. The largest absolute Gasteiger partial charge is 0.493 e. The second-order valence-corrected chi connectivity index (χ2v) is 12.2. The molecule has 0 aromatic heterocycles. The van der Waals surface area contributed by atoms with Gasteiger partial charge in [0.15, 0.2) is 5.75 Å². The van der Waals surface area contributed by atoms with E-state index in [2.05, 4.69) is 27.7 Å². The number of hydrogen-bond donors (Lipinski definition) is 3. The number of aryl methyl sites for hydroxylation is 1. The Morgan fingerprint density at radius 3 is 2.40 bits per heavy atom. The van der Waals surface area contributed by atoms with E-state index in [4.69, 9.17) is 15.5 Å². The number of hydrogen-bond acceptors (Lipinski definition) is 8. The SMILES string of the molecule is CC=N/C(C(=O)N1CCNCC1CCOc1cc(ON)ccc1C)=C(\C)c1ccccc1.CCCCC1CCCCC1.CCOC(N)=O. The second kappa shape index (κ2) is 23.4. The first-order chi connectivity index (χ1) is 23.2. The number of nitrogens with one attached hydrogen (secondary N) is 1. The van der Waals surface area contributed by atoms with E-state index < -0.39 is 6.09 Å². The molecule has 5 N–H and O–H groups in total. The topological polar surface area (TPSA) is 142 Å². The number of primary amides is 1. The van der Waals surface area contributed by atoms with Gasteiger partial charge in [0.05, 0.1) is 13.2 Å². The Balaban J connectivity index is 0.000000410. The van der Waals surface area contributed by atoms with Gasteiger partial charge in [0.2, 0.25) is 0 Å². The Bertz CT molecular complexity index is 1280. The smallest absolute Gasteiger partial charge is 0.404 e. The van der Waals surface area contributed by atoms with Crippen LogP contribution in [0.25, 0.3) is 5.57 Å². The van der Waals surface area contributed by atoms with Crippen LogP contribution in [0.3, 0.4) is 0 Å². The number of aliphatic imine (C=N–C) groups is 1. The molecular formula is C38H59N5O5. The number of carbonyl (C=O) groups excluding carboxylic acids is 2. The minimum absolute atomic E-state index is 0.0103. The van der Waals surface area contributed by atoms with Crippen molar-refractivity contribution in [2.75, 3.05) is 32.8 Å². The Hall–Kier alpha value is -3.89. The zero-order valence-electron chi connectivity index (χ0n) is 29.8. The number of nitrogens with zero attached hydrogens (tertiary/aromatic N) is 2. The zero-order chi connectivity index (χ0) is 35.1. The number of rotatable bonds is 12. The third-order valence-corrected chi connectivity index (χ3v) is 8.62. The molecule has 1 aliphatic carbocycles. The highest BCUT2D eigenvalue weighted by atomic mass is 16.6. The molecule has 2 amide bonds. The molecule has 2 aliphatic rings. The molecule has 0 spiro atoms. The maximum atomic E-state index is 13.5. The van der Waals surface area contributed by atoms with E-state index in [0.29, 0.717) is 44.2 Å². The van der Waals surface area contributed by atoms with Crippen LogP contribution in [0.15, 0.2) is 59.2 Å². The first kappa shape index (κ1) is 40.3. The summed E-state index contributed by atoms with van der Waals surface area (Å²) < 4.78 is 10.2. The summed E-state index contributed by atoms with van der Waals surface area (Å²) in [7, 11) is 0. The van der Waals surface area contributed by atoms with Gasteiger partial charge in [-0.2, -0.15) is 5.90 Å². The monoisotopic (exact) mass is 665 g/mol. The van der Waals surface area contributed by atoms with E-state index in [9.17, 15) is 9.59 Å². The number of piperazine rings is 1. The summed E-state index contributed by atoms with van der Waals surface area (Å²) in [5.41, 5.74) is 7.89. The lowest BCUT2D eigenvalue weighted by Gasteiger charge is -2.36. The fourth-order valence-electron chi connectivity index (χ4n) is 5.91. The van der Waals surface area contributed by atoms with Gasteiger partial charge in [0, 0.05) is 44.4 Å². The molecule has 2 fully saturated rings. The van der Waals surface area contributed by atoms with E-state index in [1.807, 2.05) is 62.1 Å². The number of ether oxygens (including phenoxy) is 2. The molecule has 1 atom stereocenters. The van der Waals surface area contributed by atoms with Crippen LogP contribution in [-0.4, -0.2) is 62.0 Å². The number of nitrogens with two attached hydrogens (primary N) is 2. The highest BCUT2D eigenvalue weighted by molar-refractivity contribution is 6.01. The van der Waals surface area contributed by atoms with Crippen molar-refractivity contribution >= 4 is 23.8 Å². The molecule has 10 heteroatoms. The van der Waals surface area contributed by atoms with E-state index in [0.717, 1.165) is 34.9 Å². The standard InChI is InChI=1S/C25H32N4O3.C10H20.C3H7NO2/c1-4-28-24(19(3)20-8-6-5-7-9-20)25(30)29-14-13-27-17-21(29)12-15-31-23-16-22(32-26)11-10-18(23)2;1-2-3-7-10-8-5-4-6-9-10;1-2-6-3(4)5/h4-11,16,21,27H,12-15,17,26H2,1-3H3;10H,2-9H2,1H3;2H2,1H3,(H2,4,5)/b24-19+,28-4?;;. The summed E-state index contributed by atoms with van der Waals surface area (Å²) in [6.07, 6.45) is 13.6. The summed E-state index contributed by atoms with van der Waals surface area (Å²) >= 11 is 0. The van der Waals surface area contributed by atoms with Gasteiger partial charge >= 0.3 is 6.09 Å². The van der Waals surface area contributed by atoms with Gasteiger partial charge in [-0.3, -0.25) is 9.79 Å². The molecule has 2 aromatic rings. The Morgan fingerprint density at radius 1 is 1.06 bits per heavy atom. The summed E-state index contributed by atoms with van der Waals surface area (Å²) in [5.74, 6) is 7.59. The van der Waals surface area contributed by atoms with Gasteiger partial charge in [0.1, 0.15) is 11.4 Å². The quantitative estimate of drug-likeness (QED) is 0.124. The minimum atomic E-state index is -0.711. The lowest BCUT2D eigenvalue weighted by molar-refractivity contribution is -0.130. The average Bonchev–Trinajstić information content (AvgIpc) is 3.11. The molecule has 48 heavy (non-hydrogen) atoms. The second-order valence-electron chi connectivity index (χ2n) is 12.2. The normalized spacial score (nSPS) is 16.9. The van der Waals surface area contributed by atoms with Crippen molar-refractivity contribution in [3.05, 3.63) is 65.4 Å². The van der Waals surface area contributed by atoms with Crippen LogP contribution in [0.2, 0.25) is 0 Å². The molecule has 1 unspecified atom stereocenters. The predicted octanol–water partition coefficient (Wildman–Crippen LogP) is 7.20. The lowest BCUT2D eigenvalue weighted by Crippen LogP contribution is -2.54. The highest BCUT2D eigenvalue weighted by Gasteiger charge is 2.29. The van der Waals surface area contributed by atoms with Crippen LogP contribution in [-0.2, 0) is 9.53 Å². The van der Waals surface area contributed by atoms with E-state index in [1.54, 1.807) is 25.3 Å². The van der Waals surface area contributed by atoms with Crippen LogP contribution in [0.4, 0.5) is 4.79 Å². The first-order valence-electron chi connectivity index (χ1n) is 17.5. The molecule has 1 saturated carbocycles. The molecule has 0 bridgehead atoms. The van der Waals surface area contributed by atoms with Gasteiger partial charge in [-0.25, -0.2) is 4.79 Å². The molecule has 1 aliphatic heterocycles. The van der Waals surface area contributed by atoms with Crippen molar-refractivity contribution in [1.29, 1.82) is 0 Å². The molecule has 0 radical (unpaired) electrons. The lowest BCUT2D eigenvalue weighted by atomic mass is 9.86. The number of carbonyl (C=O) groups is 2. The Labute approximate surface area is 288 Å². The van der Waals surface area contributed by atoms with Crippen LogP contribution < -0.4 is 26.5 Å². The van der Waals surface area contributed by atoms with E-state index in [-0.39, 0.29) is 11.9 Å². The molecular weight excluding hydrogens is 606 g/mol. The van der Waals surface area contributed by atoms with Gasteiger partial charge in [0.25, 0.3) is 5.91 Å². The number of allylic oxidation sites excluding steroid dienone is 1. The predicted molar refractivity (Wildman–Crippen MR) is 195 cm³/mol. The molecule has 2 aromatic carbocycles. The van der Waals surface area contributed by atoms with Gasteiger partial charge in [-0.15, -0.1) is 0 Å². The van der Waals surface area contributed by atoms with Crippen molar-refractivity contribution < 1.29 is 23.9 Å². The number of benzene rings is 2. The average molecular weight is 666 g/mol. The Morgan fingerprint density at radius 2 is 1.79 bits per heavy atom. The molecule has 10 nitrogen and oxygen atoms in total. The number of amides is 2. The van der Waals surface area contributed by atoms with Crippen molar-refractivity contribution in [2.24, 2.45) is 22.5 Å². The molecule has 4 rings (SSSR count). The van der Waals surface area contributed by atoms with Gasteiger partial charge < -0.3 is 30.3 Å². The zero-order valence-corrected chi connectivity index (χ0v) is 29.8. The number of unbranched alkanes of at least 4 members (excludes halogenated alkanes) is 1. The van der Waals surface area contributed by atoms with Crippen LogP contribution in [0, 0.1) is 12.8 Å². The van der Waals surface area contributed by atoms with Crippen LogP contribution in [0.5, 0.6) is 11.5 Å². The van der Waals surface area contributed by atoms with E-state index >= 15 is 0 Å². The summed E-state index contributed by atoms with van der Waals surface area (Å²) in [5, 5.41) is 3.39. The molecule has 266 valence electrons. The molecule has 1 heterocycles. The van der Waals surface area contributed by atoms with Crippen LogP contribution >= 0.6 is 0 Å². The maximum Gasteiger partial charge on any atom is 0.404 e. The van der Waals surface area contributed by atoms with Crippen molar-refractivity contribution in [3.8, 4) is 11.5 Å². The summed E-state index contributed by atoms with van der Waals surface area (Å²) in [6, 6.07) is 15.4. The third kappa shape index (κ3) is 14.5. The first-order valence-corrected chi connectivity index (χ1v) is 17.5. The van der Waals surface area contributed by atoms with Gasteiger partial charge in [-0.05, 0) is 56.4 Å². The Kier molecular flexibility index (Phi) is 19.7. The fourth-order valence-corrected chi connectivity index (χ4v) is 5.91. The third-order valence-electron chi connectivity index (χ3n) is 8.62. The minimum Gasteiger partial charge on any atom is -0.493 e. The van der Waals surface area contributed by atoms with E-state index in [1.165, 1.54) is 51.4 Å². The summed E-state index contributed by atoms with van der Waals surface area (Å²) in [4.78, 5) is 34.3. The fraction of sp³-hybridized carbons (Fsp3) is 0.553. The van der Waals surface area contributed by atoms with Crippen molar-refractivity contribution in [3.63, 3.8) is 0 Å². The van der Waals surface area contributed by atoms with Crippen molar-refractivity contribution in [2.45, 2.75) is 98.4 Å². The highest BCUT2D eigenvalue weighted by Crippen LogP contribution is 2.28.